The van der Waals surface area contributed by atoms with Crippen LogP contribution in [0.25, 0.3) is 0 Å². The molecule has 1 atom stereocenters. The van der Waals surface area contributed by atoms with E-state index in [9.17, 15) is 0 Å². The summed E-state index contributed by atoms with van der Waals surface area (Å²) in [6.45, 7) is 9.45. The predicted octanol–water partition coefficient (Wildman–Crippen LogP) is 1.77. The molecule has 22 heavy (non-hydrogen) atoms. The van der Waals surface area contributed by atoms with Gasteiger partial charge in [0.25, 0.3) is 0 Å². The second-order valence-corrected chi connectivity index (χ2v) is 5.94. The van der Waals surface area contributed by atoms with Crippen LogP contribution in [-0.2, 0) is 31.4 Å². The van der Waals surface area contributed by atoms with Crippen molar-refractivity contribution in [1.29, 1.82) is 0 Å². The van der Waals surface area contributed by atoms with E-state index >= 15 is 0 Å². The van der Waals surface area contributed by atoms with Gasteiger partial charge in [0.1, 0.15) is 0 Å². The zero-order valence-electron chi connectivity index (χ0n) is 13.7. The van der Waals surface area contributed by atoms with E-state index in [1.165, 1.54) is 16.8 Å². The minimum Gasteiger partial charge on any atom is -0.381 e. The molecule has 0 N–H and O–H groups in total. The molecule has 0 saturated heterocycles. The highest BCUT2D eigenvalue weighted by molar-refractivity contribution is 5.25. The molecule has 2 aromatic heterocycles. The minimum absolute atomic E-state index is 0.355. The van der Waals surface area contributed by atoms with E-state index in [-0.39, 0.29) is 0 Å². The Bertz CT molecular complexity index is 618. The van der Waals surface area contributed by atoms with Crippen LogP contribution in [0.1, 0.15) is 36.6 Å². The van der Waals surface area contributed by atoms with Crippen LogP contribution in [0.2, 0.25) is 0 Å². The van der Waals surface area contributed by atoms with E-state index in [1.54, 1.807) is 0 Å². The van der Waals surface area contributed by atoms with Crippen LogP contribution < -0.4 is 0 Å². The molecule has 1 aliphatic rings. The number of aromatic nitrogens is 4. The zero-order chi connectivity index (χ0) is 15.5. The first kappa shape index (κ1) is 15.2. The van der Waals surface area contributed by atoms with Crippen molar-refractivity contribution in [3.8, 4) is 0 Å². The van der Waals surface area contributed by atoms with Gasteiger partial charge >= 0.3 is 0 Å². The lowest BCUT2D eigenvalue weighted by Crippen LogP contribution is -2.34. The first-order chi connectivity index (χ1) is 10.7. The van der Waals surface area contributed by atoms with Crippen molar-refractivity contribution in [2.24, 2.45) is 7.05 Å². The maximum absolute atomic E-state index is 5.68. The molecule has 120 valence electrons. The fourth-order valence-corrected chi connectivity index (χ4v) is 3.13. The van der Waals surface area contributed by atoms with E-state index in [4.69, 9.17) is 9.84 Å². The maximum Gasteiger partial charge on any atom is 0.0736 e. The average Bonchev–Trinajstić information content (AvgIpc) is 3.10. The summed E-state index contributed by atoms with van der Waals surface area (Å²) in [5.74, 6) is 0.355. The van der Waals surface area contributed by atoms with Gasteiger partial charge in [-0.15, -0.1) is 0 Å². The Labute approximate surface area is 131 Å². The number of nitrogens with zero attached hydrogens (tertiary/aromatic N) is 5. The first-order valence-electron chi connectivity index (χ1n) is 8.03. The molecule has 0 aromatic carbocycles. The Balaban J connectivity index is 1.77. The molecule has 0 spiro atoms. The van der Waals surface area contributed by atoms with Crippen molar-refractivity contribution in [2.75, 3.05) is 19.8 Å². The van der Waals surface area contributed by atoms with E-state index in [0.717, 1.165) is 39.4 Å². The summed E-state index contributed by atoms with van der Waals surface area (Å²) in [7, 11) is 1.96. The third kappa shape index (κ3) is 3.23. The number of rotatable bonds is 6. The highest BCUT2D eigenvalue weighted by Crippen LogP contribution is 2.28. The lowest BCUT2D eigenvalue weighted by molar-refractivity contribution is 0.104. The molecule has 6 heteroatoms. The van der Waals surface area contributed by atoms with E-state index < -0.39 is 0 Å². The van der Waals surface area contributed by atoms with Crippen LogP contribution in [0.4, 0.5) is 0 Å². The normalized spacial score (nSPS) is 18.6. The topological polar surface area (TPSA) is 48.1 Å². The monoisotopic (exact) mass is 303 g/mol. The van der Waals surface area contributed by atoms with Gasteiger partial charge < -0.3 is 4.74 Å². The van der Waals surface area contributed by atoms with Gasteiger partial charge in [0.2, 0.25) is 0 Å². The Morgan fingerprint density at radius 2 is 2.18 bits per heavy atom. The molecule has 6 nitrogen and oxygen atoms in total. The fraction of sp³-hybridized carbons (Fsp3) is 0.625. The second-order valence-electron chi connectivity index (χ2n) is 5.94. The van der Waals surface area contributed by atoms with Crippen LogP contribution >= 0.6 is 0 Å². The number of hydrogen-bond donors (Lipinski definition) is 0. The second kappa shape index (κ2) is 6.62. The largest absolute Gasteiger partial charge is 0.381 e. The van der Waals surface area contributed by atoms with E-state index in [1.807, 2.05) is 29.5 Å². The van der Waals surface area contributed by atoms with Gasteiger partial charge in [-0.3, -0.25) is 14.3 Å². The number of hydrogen-bond acceptors (Lipinski definition) is 4. The average molecular weight is 303 g/mol. The molecule has 0 fully saturated rings. The van der Waals surface area contributed by atoms with Gasteiger partial charge in [0, 0.05) is 69.3 Å². The van der Waals surface area contributed by atoms with Gasteiger partial charge in [-0.2, -0.15) is 10.2 Å². The molecular weight excluding hydrogens is 278 g/mol. The molecule has 1 aliphatic heterocycles. The standard InChI is InChI=1S/C16H25N5O/c1-4-21-11-14-9-20(8-13-6-17-19(3)7-13)10-15(12-22-5-2)16(14)18-21/h6-7,11,15H,4-5,8-10,12H2,1-3H3/t15-/m0/s1. The van der Waals surface area contributed by atoms with Crippen molar-refractivity contribution in [3.05, 3.63) is 35.4 Å². The summed E-state index contributed by atoms with van der Waals surface area (Å²) >= 11 is 0. The van der Waals surface area contributed by atoms with Crippen molar-refractivity contribution >= 4 is 0 Å². The molecule has 0 unspecified atom stereocenters. The summed E-state index contributed by atoms with van der Waals surface area (Å²) in [4.78, 5) is 2.46. The van der Waals surface area contributed by atoms with Crippen LogP contribution in [-0.4, -0.2) is 44.2 Å². The summed E-state index contributed by atoms with van der Waals surface area (Å²) in [6, 6.07) is 0. The lowest BCUT2D eigenvalue weighted by Gasteiger charge is -2.31. The zero-order valence-corrected chi connectivity index (χ0v) is 13.7. The highest BCUT2D eigenvalue weighted by Gasteiger charge is 2.28. The smallest absolute Gasteiger partial charge is 0.0736 e. The van der Waals surface area contributed by atoms with Crippen molar-refractivity contribution in [3.63, 3.8) is 0 Å². The predicted molar refractivity (Wildman–Crippen MR) is 84.5 cm³/mol. The van der Waals surface area contributed by atoms with Crippen LogP contribution in [0, 0.1) is 0 Å². The number of ether oxygens (including phenoxy) is 1. The quantitative estimate of drug-likeness (QED) is 0.816. The Hall–Kier alpha value is -1.66. The molecule has 3 heterocycles. The summed E-state index contributed by atoms with van der Waals surface area (Å²) in [5.41, 5.74) is 3.81. The number of aryl methyl sites for hydroxylation is 2. The minimum atomic E-state index is 0.355. The summed E-state index contributed by atoms with van der Waals surface area (Å²) in [5, 5.41) is 9.00. The van der Waals surface area contributed by atoms with Crippen LogP contribution in [0.3, 0.4) is 0 Å². The Kier molecular flexibility index (Phi) is 4.59. The maximum atomic E-state index is 5.68. The van der Waals surface area contributed by atoms with Crippen molar-refractivity contribution in [2.45, 2.75) is 39.4 Å². The van der Waals surface area contributed by atoms with Gasteiger partial charge in [0.15, 0.2) is 0 Å². The van der Waals surface area contributed by atoms with E-state index in [2.05, 4.69) is 29.3 Å². The van der Waals surface area contributed by atoms with Gasteiger partial charge in [-0.05, 0) is 13.8 Å². The molecule has 2 aromatic rings. The van der Waals surface area contributed by atoms with Crippen molar-refractivity contribution in [1.82, 2.24) is 24.5 Å². The lowest BCUT2D eigenvalue weighted by atomic mass is 9.97. The summed E-state index contributed by atoms with van der Waals surface area (Å²) in [6.07, 6.45) is 6.22. The molecule has 3 rings (SSSR count). The van der Waals surface area contributed by atoms with Gasteiger partial charge in [-0.1, -0.05) is 0 Å². The van der Waals surface area contributed by atoms with Crippen LogP contribution in [0.15, 0.2) is 18.6 Å². The molecule has 0 saturated carbocycles. The number of fused-ring (bicyclic) bond motifs is 1. The molecule has 0 radical (unpaired) electrons. The molecule has 0 bridgehead atoms. The third-order valence-corrected chi connectivity index (χ3v) is 4.14. The third-order valence-electron chi connectivity index (χ3n) is 4.14. The fourth-order valence-electron chi connectivity index (χ4n) is 3.13. The molecular formula is C16H25N5O. The molecule has 0 amide bonds. The van der Waals surface area contributed by atoms with Gasteiger partial charge in [-0.25, -0.2) is 0 Å². The Morgan fingerprint density at radius 3 is 2.86 bits per heavy atom. The van der Waals surface area contributed by atoms with Gasteiger partial charge in [0.05, 0.1) is 18.5 Å². The highest BCUT2D eigenvalue weighted by atomic mass is 16.5. The summed E-state index contributed by atoms with van der Waals surface area (Å²) < 4.78 is 9.58. The van der Waals surface area contributed by atoms with Crippen molar-refractivity contribution < 1.29 is 4.74 Å². The Morgan fingerprint density at radius 1 is 1.32 bits per heavy atom. The van der Waals surface area contributed by atoms with Crippen LogP contribution in [0.5, 0.6) is 0 Å². The molecule has 0 aliphatic carbocycles. The van der Waals surface area contributed by atoms with E-state index in [0.29, 0.717) is 5.92 Å². The SMILES string of the molecule is CCOC[C@@H]1CN(Cc2cnn(C)c2)Cc2cn(CC)nc21. The first-order valence-corrected chi connectivity index (χ1v) is 8.03.